The third-order valence-corrected chi connectivity index (χ3v) is 6.12. The quantitative estimate of drug-likeness (QED) is 0.454. The summed E-state index contributed by atoms with van der Waals surface area (Å²) in [5.41, 5.74) is 7.70. The van der Waals surface area contributed by atoms with E-state index in [9.17, 15) is 10.1 Å². The van der Waals surface area contributed by atoms with Crippen LogP contribution in [-0.4, -0.2) is 27.3 Å². The van der Waals surface area contributed by atoms with E-state index in [1.807, 2.05) is 24.5 Å². The Morgan fingerprint density at radius 3 is 2.86 bits per heavy atom. The Balaban J connectivity index is 1.91. The van der Waals surface area contributed by atoms with Gasteiger partial charge in [0.2, 0.25) is 0 Å². The lowest BCUT2D eigenvalue weighted by molar-refractivity contribution is 0.0531. The third kappa shape index (κ3) is 3.63. The van der Waals surface area contributed by atoms with E-state index < -0.39 is 5.97 Å². The number of carbonyl (C=O) groups is 1. The van der Waals surface area contributed by atoms with Crippen LogP contribution >= 0.6 is 23.1 Å². The lowest BCUT2D eigenvalue weighted by atomic mass is 10.2. The summed E-state index contributed by atoms with van der Waals surface area (Å²) in [6.07, 6.45) is 1.62. The molecule has 0 atom stereocenters. The number of thiophene rings is 1. The van der Waals surface area contributed by atoms with Crippen molar-refractivity contribution < 1.29 is 13.9 Å². The van der Waals surface area contributed by atoms with E-state index in [4.69, 9.17) is 14.9 Å². The van der Waals surface area contributed by atoms with Gasteiger partial charge in [0.25, 0.3) is 0 Å². The van der Waals surface area contributed by atoms with Gasteiger partial charge in [0, 0.05) is 17.9 Å². The van der Waals surface area contributed by atoms with E-state index in [1.165, 1.54) is 11.8 Å². The summed E-state index contributed by atoms with van der Waals surface area (Å²) in [6, 6.07) is 3.94. The number of nitriles is 1. The molecule has 0 unspecified atom stereocenters. The van der Waals surface area contributed by atoms with Crippen LogP contribution in [0.1, 0.15) is 40.4 Å². The predicted molar refractivity (Wildman–Crippen MR) is 107 cm³/mol. The average molecular weight is 418 g/mol. The molecule has 0 spiro atoms. The largest absolute Gasteiger partial charge is 0.469 e. The summed E-state index contributed by atoms with van der Waals surface area (Å²) in [6.45, 7) is 6.52. The fourth-order valence-corrected chi connectivity index (χ4v) is 4.79. The lowest BCUT2D eigenvalue weighted by Crippen LogP contribution is -2.06. The minimum atomic E-state index is -0.469. The average Bonchev–Trinajstić information content (AvgIpc) is 3.36. The molecule has 146 valence electrons. The second-order valence-electron chi connectivity index (χ2n) is 5.71. The molecule has 10 heteroatoms. The Kier molecular flexibility index (Phi) is 6.06. The molecule has 8 nitrogen and oxygen atoms in total. The Morgan fingerprint density at radius 2 is 2.25 bits per heavy atom. The number of aryl methyl sites for hydroxylation is 1. The molecule has 0 aromatic carbocycles. The van der Waals surface area contributed by atoms with Crippen molar-refractivity contribution in [3.63, 3.8) is 0 Å². The molecular formula is C18H19N5O3S2. The molecule has 0 saturated carbocycles. The van der Waals surface area contributed by atoms with E-state index in [2.05, 4.69) is 16.3 Å². The number of aromatic nitrogens is 3. The number of nitrogens with two attached hydrogens (primary N) is 1. The first-order chi connectivity index (χ1) is 13.5. The van der Waals surface area contributed by atoms with Crippen LogP contribution in [0.3, 0.4) is 0 Å². The number of furan rings is 1. The van der Waals surface area contributed by atoms with Gasteiger partial charge in [-0.3, -0.25) is 0 Å². The number of nitrogens with zero attached hydrogens (tertiary/aromatic N) is 4. The molecular weight excluding hydrogens is 398 g/mol. The van der Waals surface area contributed by atoms with Gasteiger partial charge in [-0.25, -0.2) is 4.79 Å². The summed E-state index contributed by atoms with van der Waals surface area (Å²) < 4.78 is 12.4. The van der Waals surface area contributed by atoms with Crippen LogP contribution in [-0.2, 0) is 17.0 Å². The van der Waals surface area contributed by atoms with Crippen molar-refractivity contribution in [2.24, 2.45) is 0 Å². The Bertz CT molecular complexity index is 1040. The number of thioether (sulfide) groups is 1. The molecule has 0 bridgehead atoms. The first-order valence-corrected chi connectivity index (χ1v) is 10.4. The lowest BCUT2D eigenvalue weighted by Gasteiger charge is -2.07. The van der Waals surface area contributed by atoms with Crippen molar-refractivity contribution in [3.05, 3.63) is 34.1 Å². The van der Waals surface area contributed by atoms with Gasteiger partial charge < -0.3 is 19.5 Å². The maximum Gasteiger partial charge on any atom is 0.348 e. The molecule has 3 aromatic heterocycles. The molecule has 3 aromatic rings. The smallest absolute Gasteiger partial charge is 0.348 e. The summed E-state index contributed by atoms with van der Waals surface area (Å²) in [4.78, 5) is 12.6. The normalized spacial score (nSPS) is 10.8. The zero-order valence-electron chi connectivity index (χ0n) is 15.7. The number of ether oxygens (including phenoxy) is 1. The van der Waals surface area contributed by atoms with Crippen LogP contribution in [0.25, 0.3) is 11.4 Å². The molecule has 0 amide bonds. The van der Waals surface area contributed by atoms with E-state index in [-0.39, 0.29) is 6.61 Å². The predicted octanol–water partition coefficient (Wildman–Crippen LogP) is 3.85. The third-order valence-electron chi connectivity index (χ3n) is 4.09. The molecule has 0 aliphatic rings. The van der Waals surface area contributed by atoms with Gasteiger partial charge >= 0.3 is 5.97 Å². The Labute approximate surface area is 170 Å². The van der Waals surface area contributed by atoms with E-state index >= 15 is 0 Å². The molecule has 0 fully saturated rings. The Morgan fingerprint density at radius 1 is 1.46 bits per heavy atom. The zero-order valence-corrected chi connectivity index (χ0v) is 17.3. The van der Waals surface area contributed by atoms with Crippen LogP contribution in [0.2, 0.25) is 0 Å². The molecule has 0 radical (unpaired) electrons. The maximum atomic E-state index is 12.2. The number of esters is 1. The first kappa shape index (κ1) is 20.0. The van der Waals surface area contributed by atoms with E-state index in [1.54, 1.807) is 13.2 Å². The molecule has 0 aliphatic carbocycles. The molecule has 2 N–H and O–H groups in total. The second-order valence-corrected chi connectivity index (χ2v) is 7.71. The van der Waals surface area contributed by atoms with Crippen LogP contribution in [0.5, 0.6) is 0 Å². The van der Waals surface area contributed by atoms with Gasteiger partial charge in [0.15, 0.2) is 11.0 Å². The zero-order chi connectivity index (χ0) is 20.3. The number of hydrogen-bond acceptors (Lipinski definition) is 9. The van der Waals surface area contributed by atoms with Crippen molar-refractivity contribution in [2.75, 3.05) is 12.3 Å². The summed E-state index contributed by atoms with van der Waals surface area (Å²) in [7, 11) is 0. The molecule has 0 aliphatic heterocycles. The number of carbonyl (C=O) groups excluding carboxylic acids is 1. The summed E-state index contributed by atoms with van der Waals surface area (Å²) >= 11 is 2.47. The Hall–Kier alpha value is -2.77. The van der Waals surface area contributed by atoms with Crippen LogP contribution < -0.4 is 5.73 Å². The maximum absolute atomic E-state index is 12.2. The highest BCUT2D eigenvalue weighted by atomic mass is 32.2. The monoisotopic (exact) mass is 417 g/mol. The van der Waals surface area contributed by atoms with Crippen LogP contribution in [0.4, 0.5) is 5.00 Å². The number of rotatable bonds is 7. The van der Waals surface area contributed by atoms with Gasteiger partial charge in [0.1, 0.15) is 21.7 Å². The van der Waals surface area contributed by atoms with Gasteiger partial charge in [0.05, 0.1) is 24.0 Å². The SMILES string of the molecule is CCOC(=O)c1sc(N)c(C#N)c1CSc1nnc(-c2ccoc2C)n1CC. The number of anilines is 1. The topological polar surface area (TPSA) is 120 Å². The van der Waals surface area contributed by atoms with Crippen molar-refractivity contribution in [3.8, 4) is 17.5 Å². The molecule has 0 saturated heterocycles. The fourth-order valence-electron chi connectivity index (χ4n) is 2.74. The molecule has 3 heterocycles. The summed E-state index contributed by atoms with van der Waals surface area (Å²) in [5.74, 6) is 1.36. The minimum absolute atomic E-state index is 0.253. The summed E-state index contributed by atoms with van der Waals surface area (Å²) in [5, 5.41) is 19.0. The highest BCUT2D eigenvalue weighted by Gasteiger charge is 2.24. The van der Waals surface area contributed by atoms with Crippen LogP contribution in [0, 0.1) is 18.3 Å². The van der Waals surface area contributed by atoms with Gasteiger partial charge in [-0.1, -0.05) is 11.8 Å². The second kappa shape index (κ2) is 8.50. The van der Waals surface area contributed by atoms with Crippen molar-refractivity contribution in [1.82, 2.24) is 14.8 Å². The highest BCUT2D eigenvalue weighted by molar-refractivity contribution is 7.98. The van der Waals surface area contributed by atoms with Gasteiger partial charge in [-0.05, 0) is 26.8 Å². The van der Waals surface area contributed by atoms with Crippen molar-refractivity contribution in [2.45, 2.75) is 38.2 Å². The van der Waals surface area contributed by atoms with Crippen molar-refractivity contribution >= 4 is 34.1 Å². The minimum Gasteiger partial charge on any atom is -0.469 e. The fraction of sp³-hybridized carbons (Fsp3) is 0.333. The van der Waals surface area contributed by atoms with Gasteiger partial charge in [-0.15, -0.1) is 21.5 Å². The van der Waals surface area contributed by atoms with E-state index in [0.717, 1.165) is 22.7 Å². The first-order valence-electron chi connectivity index (χ1n) is 8.60. The van der Waals surface area contributed by atoms with Crippen molar-refractivity contribution in [1.29, 1.82) is 5.26 Å². The number of nitrogen functional groups attached to an aromatic ring is 1. The highest BCUT2D eigenvalue weighted by Crippen LogP contribution is 2.36. The molecule has 28 heavy (non-hydrogen) atoms. The van der Waals surface area contributed by atoms with Crippen LogP contribution in [0.15, 0.2) is 21.9 Å². The number of hydrogen-bond donors (Lipinski definition) is 1. The van der Waals surface area contributed by atoms with Gasteiger partial charge in [-0.2, -0.15) is 5.26 Å². The standard InChI is InChI=1S/C18H19N5O3S2/c1-4-23-16(11-6-7-26-10(11)3)21-22-18(23)27-9-13-12(8-19)15(20)28-14(13)17(24)25-5-2/h6-7H,4-5,9,20H2,1-3H3. The molecule has 3 rings (SSSR count). The van der Waals surface area contributed by atoms with E-state index in [0.29, 0.717) is 44.3 Å².